The molecule has 2 rings (SSSR count). The third-order valence-corrected chi connectivity index (χ3v) is 3.68. The van der Waals surface area contributed by atoms with E-state index in [1.54, 1.807) is 0 Å². The number of halogens is 2. The minimum absolute atomic E-state index is 0.0173. The van der Waals surface area contributed by atoms with Gasteiger partial charge in [0.25, 0.3) is 5.91 Å². The highest BCUT2D eigenvalue weighted by Gasteiger charge is 2.23. The highest BCUT2D eigenvalue weighted by Crippen LogP contribution is 2.24. The Morgan fingerprint density at radius 2 is 1.96 bits per heavy atom. The number of anilines is 1. The topological polar surface area (TPSA) is 108 Å². The number of ether oxygens (including phenoxy) is 2. The molecule has 2 aromatic rings. The van der Waals surface area contributed by atoms with E-state index in [4.69, 9.17) is 21.1 Å². The van der Waals surface area contributed by atoms with E-state index in [1.807, 2.05) is 0 Å². The molecule has 10 heteroatoms. The Morgan fingerprint density at radius 1 is 1.26 bits per heavy atom. The molecule has 0 radical (unpaired) electrons. The zero-order valence-corrected chi connectivity index (χ0v) is 15.0. The molecule has 142 valence electrons. The van der Waals surface area contributed by atoms with E-state index in [-0.39, 0.29) is 22.0 Å². The first-order valence-electron chi connectivity index (χ1n) is 7.52. The first kappa shape index (κ1) is 20.1. The number of benzene rings is 2. The fourth-order valence-corrected chi connectivity index (χ4v) is 2.26. The van der Waals surface area contributed by atoms with Crippen LogP contribution < -0.4 is 10.1 Å². The van der Waals surface area contributed by atoms with Crippen LogP contribution in [0, 0.1) is 15.9 Å². The van der Waals surface area contributed by atoms with Crippen molar-refractivity contribution in [3.63, 3.8) is 0 Å². The maximum Gasteiger partial charge on any atom is 0.342 e. The molecule has 0 saturated heterocycles. The van der Waals surface area contributed by atoms with Crippen LogP contribution in [0.2, 0.25) is 5.02 Å². The average molecular weight is 397 g/mol. The Hall–Kier alpha value is -3.20. The van der Waals surface area contributed by atoms with Crippen molar-refractivity contribution < 1.29 is 28.4 Å². The molecule has 0 aliphatic carbocycles. The summed E-state index contributed by atoms with van der Waals surface area (Å²) in [4.78, 5) is 34.2. The molecule has 0 bridgehead atoms. The van der Waals surface area contributed by atoms with E-state index < -0.39 is 34.4 Å². The van der Waals surface area contributed by atoms with Crippen LogP contribution >= 0.6 is 11.6 Å². The molecule has 1 amide bonds. The molecule has 0 unspecified atom stereocenters. The van der Waals surface area contributed by atoms with Gasteiger partial charge >= 0.3 is 11.7 Å². The van der Waals surface area contributed by atoms with Crippen molar-refractivity contribution in [2.24, 2.45) is 0 Å². The lowest BCUT2D eigenvalue weighted by atomic mass is 10.2. The molecule has 0 fully saturated rings. The van der Waals surface area contributed by atoms with E-state index in [1.165, 1.54) is 32.2 Å². The summed E-state index contributed by atoms with van der Waals surface area (Å²) >= 11 is 5.85. The Kier molecular flexibility index (Phi) is 6.30. The molecule has 1 N–H and O–H groups in total. The van der Waals surface area contributed by atoms with Gasteiger partial charge in [-0.2, -0.15) is 4.39 Å². The molecule has 8 nitrogen and oxygen atoms in total. The number of nitro groups is 1. The van der Waals surface area contributed by atoms with Crippen LogP contribution in [0.25, 0.3) is 0 Å². The first-order chi connectivity index (χ1) is 12.7. The second kappa shape index (κ2) is 8.45. The minimum Gasteiger partial charge on any atom is -0.496 e. The number of nitro benzene ring substituents is 1. The maximum atomic E-state index is 13.3. The van der Waals surface area contributed by atoms with Crippen LogP contribution in [0.5, 0.6) is 5.75 Å². The molecule has 0 spiro atoms. The van der Waals surface area contributed by atoms with E-state index >= 15 is 0 Å². The Bertz CT molecular complexity index is 905. The Morgan fingerprint density at radius 3 is 2.59 bits per heavy atom. The van der Waals surface area contributed by atoms with Crippen molar-refractivity contribution in [3.8, 4) is 5.75 Å². The molecule has 0 saturated carbocycles. The van der Waals surface area contributed by atoms with Crippen LogP contribution in [0.1, 0.15) is 17.3 Å². The summed E-state index contributed by atoms with van der Waals surface area (Å²) in [5.41, 5.74) is -0.778. The third-order valence-electron chi connectivity index (χ3n) is 3.44. The van der Waals surface area contributed by atoms with Gasteiger partial charge in [-0.25, -0.2) is 4.79 Å². The molecule has 0 aromatic heterocycles. The zero-order valence-electron chi connectivity index (χ0n) is 14.2. The monoisotopic (exact) mass is 396 g/mol. The number of esters is 1. The van der Waals surface area contributed by atoms with Crippen LogP contribution in [0.15, 0.2) is 36.4 Å². The molecular weight excluding hydrogens is 383 g/mol. The van der Waals surface area contributed by atoms with Gasteiger partial charge < -0.3 is 14.8 Å². The van der Waals surface area contributed by atoms with E-state index in [0.29, 0.717) is 0 Å². The summed E-state index contributed by atoms with van der Waals surface area (Å²) in [6, 6.07) is 7.19. The van der Waals surface area contributed by atoms with Gasteiger partial charge in [0.2, 0.25) is 5.82 Å². The van der Waals surface area contributed by atoms with Gasteiger partial charge in [0.15, 0.2) is 6.10 Å². The summed E-state index contributed by atoms with van der Waals surface area (Å²) < 4.78 is 23.5. The second-order valence-electron chi connectivity index (χ2n) is 5.30. The maximum absolute atomic E-state index is 13.3. The van der Waals surface area contributed by atoms with Crippen molar-refractivity contribution in [2.75, 3.05) is 12.4 Å². The summed E-state index contributed by atoms with van der Waals surface area (Å²) in [7, 11) is 1.36. The Labute approximate surface area is 158 Å². The van der Waals surface area contributed by atoms with Gasteiger partial charge in [0, 0.05) is 16.8 Å². The summed E-state index contributed by atoms with van der Waals surface area (Å²) in [6.07, 6.45) is -1.25. The van der Waals surface area contributed by atoms with Gasteiger partial charge in [-0.05, 0) is 37.3 Å². The van der Waals surface area contributed by atoms with E-state index in [2.05, 4.69) is 5.32 Å². The molecule has 2 aromatic carbocycles. The Balaban J connectivity index is 2.10. The highest BCUT2D eigenvalue weighted by atomic mass is 35.5. The van der Waals surface area contributed by atoms with Gasteiger partial charge in [0.1, 0.15) is 11.3 Å². The van der Waals surface area contributed by atoms with E-state index in [0.717, 1.165) is 18.2 Å². The lowest BCUT2D eigenvalue weighted by Crippen LogP contribution is -2.30. The van der Waals surface area contributed by atoms with Crippen LogP contribution in [0.4, 0.5) is 15.8 Å². The van der Waals surface area contributed by atoms with Crippen LogP contribution in [0.3, 0.4) is 0 Å². The van der Waals surface area contributed by atoms with E-state index in [9.17, 15) is 24.1 Å². The third kappa shape index (κ3) is 4.91. The number of hydrogen-bond acceptors (Lipinski definition) is 6. The molecule has 0 aliphatic rings. The van der Waals surface area contributed by atoms with Gasteiger partial charge in [-0.15, -0.1) is 0 Å². The molecule has 1 atom stereocenters. The highest BCUT2D eigenvalue weighted by molar-refractivity contribution is 6.31. The average Bonchev–Trinajstić information content (AvgIpc) is 2.62. The normalized spacial score (nSPS) is 11.4. The number of nitrogens with one attached hydrogen (secondary N) is 1. The predicted molar refractivity (Wildman–Crippen MR) is 94.6 cm³/mol. The lowest BCUT2D eigenvalue weighted by molar-refractivity contribution is -0.387. The predicted octanol–water partition coefficient (Wildman–Crippen LogP) is 3.58. The second-order valence-corrected chi connectivity index (χ2v) is 5.74. The number of rotatable bonds is 6. The van der Waals surface area contributed by atoms with Crippen molar-refractivity contribution in [2.45, 2.75) is 13.0 Å². The van der Waals surface area contributed by atoms with Crippen molar-refractivity contribution in [1.29, 1.82) is 0 Å². The van der Waals surface area contributed by atoms with Crippen molar-refractivity contribution in [1.82, 2.24) is 0 Å². The number of nitrogens with zero attached hydrogens (tertiary/aromatic N) is 1. The fourth-order valence-electron chi connectivity index (χ4n) is 2.09. The molecular formula is C17H14ClFN2O6. The largest absolute Gasteiger partial charge is 0.496 e. The minimum atomic E-state index is -1.25. The van der Waals surface area contributed by atoms with Crippen molar-refractivity contribution >= 4 is 34.9 Å². The number of carbonyl (C=O) groups excluding carboxylic acids is 2. The molecule has 0 heterocycles. The number of amides is 1. The standard InChI is InChI=1S/C17H14ClFN2O6/c1-9(27-17(23)12-7-10(18)3-6-15(12)26-2)16(22)20-11-4-5-13(19)14(8-11)21(24)25/h3-9H,1-2H3,(H,20,22)/t9-/m1/s1. The lowest BCUT2D eigenvalue weighted by Gasteiger charge is -2.15. The SMILES string of the molecule is COc1ccc(Cl)cc1C(=O)O[C@H](C)C(=O)Nc1ccc(F)c([N+](=O)[O-])c1. The number of carbonyl (C=O) groups is 2. The zero-order chi connectivity index (χ0) is 20.1. The summed E-state index contributed by atoms with van der Waals surface area (Å²) in [5.74, 6) is -2.43. The van der Waals surface area contributed by atoms with Gasteiger partial charge in [-0.1, -0.05) is 11.6 Å². The molecule has 27 heavy (non-hydrogen) atoms. The van der Waals surface area contributed by atoms with Crippen molar-refractivity contribution in [3.05, 3.63) is 62.9 Å². The quantitative estimate of drug-likeness (QED) is 0.454. The van der Waals surface area contributed by atoms with Gasteiger partial charge in [-0.3, -0.25) is 14.9 Å². The summed E-state index contributed by atoms with van der Waals surface area (Å²) in [6.45, 7) is 1.31. The van der Waals surface area contributed by atoms with Crippen LogP contribution in [-0.4, -0.2) is 30.0 Å². The first-order valence-corrected chi connectivity index (χ1v) is 7.90. The number of hydrogen-bond donors (Lipinski definition) is 1. The molecule has 0 aliphatic heterocycles. The number of methoxy groups -OCH3 is 1. The fraction of sp³-hybridized carbons (Fsp3) is 0.176. The van der Waals surface area contributed by atoms with Crippen LogP contribution in [-0.2, 0) is 9.53 Å². The summed E-state index contributed by atoms with van der Waals surface area (Å²) in [5, 5.41) is 13.3. The smallest absolute Gasteiger partial charge is 0.342 e. The van der Waals surface area contributed by atoms with Gasteiger partial charge in [0.05, 0.1) is 12.0 Å².